The van der Waals surface area contributed by atoms with Crippen LogP contribution in [0.1, 0.15) is 20.8 Å². The van der Waals surface area contributed by atoms with Crippen LogP contribution < -0.4 is 25.6 Å². The number of hydrogen-bond donors (Lipinski definition) is 3. The van der Waals surface area contributed by atoms with E-state index in [1.54, 1.807) is 36.4 Å². The molecule has 0 bridgehead atoms. The predicted octanol–water partition coefficient (Wildman–Crippen LogP) is 5.75. The highest BCUT2D eigenvalue weighted by atomic mass is 19.1. The van der Waals surface area contributed by atoms with Gasteiger partial charge in [-0.2, -0.15) is 0 Å². The lowest BCUT2D eigenvalue weighted by atomic mass is 10.1. The normalized spacial score (nSPS) is 10.8. The van der Waals surface area contributed by atoms with Gasteiger partial charge in [0.05, 0.1) is 5.69 Å². The highest BCUT2D eigenvalue weighted by Crippen LogP contribution is 2.25. The minimum Gasteiger partial charge on any atom is -0.457 e. The fraction of sp³-hybridized carbons (Fsp3) is 0.231. The standard InChI is InChI=1S/C26H29FN4O3/c1-26(2,3)30-24(32)28-17-18-31(25(33)29-23-12-8-7-11-22(23)27)19-13-15-21(16-14-19)34-20-9-5-4-6-10-20/h4-16H,17-18H2,1-3H3,(H,29,33)(H2,28,30,32). The molecular formula is C26H29FN4O3. The molecular weight excluding hydrogens is 435 g/mol. The van der Waals surface area contributed by atoms with E-state index >= 15 is 0 Å². The zero-order valence-corrected chi connectivity index (χ0v) is 19.5. The summed E-state index contributed by atoms with van der Waals surface area (Å²) in [5.74, 6) is 0.760. The van der Waals surface area contributed by atoms with Gasteiger partial charge in [-0.1, -0.05) is 30.3 Å². The molecule has 0 radical (unpaired) electrons. The van der Waals surface area contributed by atoms with E-state index in [-0.39, 0.29) is 30.3 Å². The molecule has 3 aromatic rings. The monoisotopic (exact) mass is 464 g/mol. The second-order valence-electron chi connectivity index (χ2n) is 8.60. The van der Waals surface area contributed by atoms with Gasteiger partial charge in [-0.05, 0) is 69.3 Å². The summed E-state index contributed by atoms with van der Waals surface area (Å²) in [6.07, 6.45) is 0. The molecule has 4 amide bonds. The third-order valence-electron chi connectivity index (χ3n) is 4.60. The number of carbonyl (C=O) groups excluding carboxylic acids is 2. The lowest BCUT2D eigenvalue weighted by Crippen LogP contribution is -2.49. The largest absolute Gasteiger partial charge is 0.457 e. The maximum absolute atomic E-state index is 14.1. The molecule has 0 spiro atoms. The smallest absolute Gasteiger partial charge is 0.326 e. The van der Waals surface area contributed by atoms with Crippen molar-refractivity contribution in [2.45, 2.75) is 26.3 Å². The Balaban J connectivity index is 1.73. The number of nitrogens with one attached hydrogen (secondary N) is 3. The number of para-hydroxylation sites is 2. The van der Waals surface area contributed by atoms with Crippen LogP contribution in [0.5, 0.6) is 11.5 Å². The minimum atomic E-state index is -0.537. The Morgan fingerprint density at radius 2 is 1.50 bits per heavy atom. The van der Waals surface area contributed by atoms with Crippen LogP contribution in [0.25, 0.3) is 0 Å². The molecule has 0 aliphatic rings. The maximum Gasteiger partial charge on any atom is 0.326 e. The van der Waals surface area contributed by atoms with Crippen molar-refractivity contribution < 1.29 is 18.7 Å². The van der Waals surface area contributed by atoms with E-state index in [1.165, 1.54) is 17.0 Å². The van der Waals surface area contributed by atoms with Crippen LogP contribution in [-0.2, 0) is 0 Å². The SMILES string of the molecule is CC(C)(C)NC(=O)NCCN(C(=O)Nc1ccccc1F)c1ccc(Oc2ccccc2)cc1. The van der Waals surface area contributed by atoms with Crippen molar-refractivity contribution in [2.24, 2.45) is 0 Å². The van der Waals surface area contributed by atoms with Crippen LogP contribution in [-0.4, -0.2) is 30.7 Å². The molecule has 0 atom stereocenters. The molecule has 0 aliphatic heterocycles. The summed E-state index contributed by atoms with van der Waals surface area (Å²) in [5.41, 5.74) is 0.243. The second-order valence-corrected chi connectivity index (χ2v) is 8.60. The molecule has 0 aliphatic carbocycles. The molecule has 0 saturated carbocycles. The number of nitrogens with zero attached hydrogens (tertiary/aromatic N) is 1. The van der Waals surface area contributed by atoms with E-state index < -0.39 is 11.8 Å². The van der Waals surface area contributed by atoms with E-state index in [4.69, 9.17) is 4.74 Å². The Morgan fingerprint density at radius 3 is 2.15 bits per heavy atom. The number of amides is 4. The van der Waals surface area contributed by atoms with Crippen LogP contribution in [0.4, 0.5) is 25.4 Å². The van der Waals surface area contributed by atoms with Crippen molar-refractivity contribution in [3.8, 4) is 11.5 Å². The van der Waals surface area contributed by atoms with Crippen LogP contribution >= 0.6 is 0 Å². The zero-order chi connectivity index (χ0) is 24.6. The topological polar surface area (TPSA) is 82.7 Å². The van der Waals surface area contributed by atoms with Crippen LogP contribution in [0, 0.1) is 5.82 Å². The summed E-state index contributed by atoms with van der Waals surface area (Å²) in [6.45, 7) is 5.98. The van der Waals surface area contributed by atoms with Crippen LogP contribution in [0.3, 0.4) is 0 Å². The minimum absolute atomic E-state index is 0.0694. The second kappa shape index (κ2) is 11.2. The lowest BCUT2D eigenvalue weighted by Gasteiger charge is -2.25. The van der Waals surface area contributed by atoms with E-state index in [0.29, 0.717) is 17.2 Å². The van der Waals surface area contributed by atoms with Crippen LogP contribution in [0.2, 0.25) is 0 Å². The number of ether oxygens (including phenoxy) is 1. The first-order valence-corrected chi connectivity index (χ1v) is 10.9. The lowest BCUT2D eigenvalue weighted by molar-refractivity contribution is 0.232. The molecule has 8 heteroatoms. The van der Waals surface area contributed by atoms with E-state index in [1.807, 2.05) is 51.1 Å². The van der Waals surface area contributed by atoms with Gasteiger partial charge in [0.1, 0.15) is 17.3 Å². The van der Waals surface area contributed by atoms with Crippen molar-refractivity contribution in [1.82, 2.24) is 10.6 Å². The van der Waals surface area contributed by atoms with E-state index in [2.05, 4.69) is 16.0 Å². The highest BCUT2D eigenvalue weighted by molar-refractivity contribution is 6.01. The van der Waals surface area contributed by atoms with Crippen molar-refractivity contribution in [1.29, 1.82) is 0 Å². The van der Waals surface area contributed by atoms with Crippen molar-refractivity contribution in [3.05, 3.63) is 84.7 Å². The Kier molecular flexibility index (Phi) is 8.08. The molecule has 3 rings (SSSR count). The molecule has 178 valence electrons. The summed E-state index contributed by atoms with van der Waals surface area (Å²) in [5, 5.41) is 8.14. The van der Waals surface area contributed by atoms with Gasteiger partial charge in [0.15, 0.2) is 0 Å². The van der Waals surface area contributed by atoms with Gasteiger partial charge in [-0.25, -0.2) is 14.0 Å². The molecule has 0 saturated heterocycles. The first-order valence-electron chi connectivity index (χ1n) is 10.9. The highest BCUT2D eigenvalue weighted by Gasteiger charge is 2.19. The number of carbonyl (C=O) groups is 2. The first kappa shape index (κ1) is 24.6. The number of anilines is 2. The fourth-order valence-electron chi connectivity index (χ4n) is 3.08. The molecule has 7 nitrogen and oxygen atoms in total. The number of halogens is 1. The van der Waals surface area contributed by atoms with Crippen LogP contribution in [0.15, 0.2) is 78.9 Å². The summed E-state index contributed by atoms with van der Waals surface area (Å²) in [7, 11) is 0. The van der Waals surface area contributed by atoms with Gasteiger partial charge in [-0.15, -0.1) is 0 Å². The zero-order valence-electron chi connectivity index (χ0n) is 19.5. The maximum atomic E-state index is 14.1. The fourth-order valence-corrected chi connectivity index (χ4v) is 3.08. The molecule has 0 aromatic heterocycles. The Labute approximate surface area is 198 Å². The van der Waals surface area contributed by atoms with E-state index in [0.717, 1.165) is 0 Å². The predicted molar refractivity (Wildman–Crippen MR) is 132 cm³/mol. The number of urea groups is 2. The Hall–Kier alpha value is -4.07. The number of hydrogen-bond acceptors (Lipinski definition) is 3. The summed E-state index contributed by atoms with van der Waals surface area (Å²) in [4.78, 5) is 26.6. The third-order valence-corrected chi connectivity index (χ3v) is 4.60. The van der Waals surface area contributed by atoms with Gasteiger partial charge in [0.2, 0.25) is 0 Å². The van der Waals surface area contributed by atoms with Crippen molar-refractivity contribution >= 4 is 23.4 Å². The van der Waals surface area contributed by atoms with Crippen molar-refractivity contribution in [3.63, 3.8) is 0 Å². The molecule has 34 heavy (non-hydrogen) atoms. The van der Waals surface area contributed by atoms with Crippen molar-refractivity contribution in [2.75, 3.05) is 23.3 Å². The Morgan fingerprint density at radius 1 is 0.882 bits per heavy atom. The average Bonchev–Trinajstić information content (AvgIpc) is 2.78. The van der Waals surface area contributed by atoms with Gasteiger partial charge >= 0.3 is 12.1 Å². The Bertz CT molecular complexity index is 1100. The molecule has 0 unspecified atom stereocenters. The molecule has 3 N–H and O–H groups in total. The van der Waals surface area contributed by atoms with E-state index in [9.17, 15) is 14.0 Å². The molecule has 0 fully saturated rings. The van der Waals surface area contributed by atoms with Gasteiger partial charge < -0.3 is 20.7 Å². The molecule has 0 heterocycles. The first-order chi connectivity index (χ1) is 16.2. The average molecular weight is 465 g/mol. The summed E-state index contributed by atoms with van der Waals surface area (Å²) >= 11 is 0. The molecule has 3 aromatic carbocycles. The number of benzene rings is 3. The van der Waals surface area contributed by atoms with Gasteiger partial charge in [0.25, 0.3) is 0 Å². The summed E-state index contributed by atoms with van der Waals surface area (Å²) < 4.78 is 19.9. The quantitative estimate of drug-likeness (QED) is 0.416. The summed E-state index contributed by atoms with van der Waals surface area (Å²) in [6, 6.07) is 21.4. The van der Waals surface area contributed by atoms with Gasteiger partial charge in [0, 0.05) is 24.3 Å². The van der Waals surface area contributed by atoms with Gasteiger partial charge in [-0.3, -0.25) is 4.90 Å². The number of rotatable bonds is 7. The third kappa shape index (κ3) is 7.51.